The Bertz CT molecular complexity index is 35.0. The van der Waals surface area contributed by atoms with E-state index in [1.807, 2.05) is 0 Å². The van der Waals surface area contributed by atoms with Gasteiger partial charge in [-0.25, -0.2) is 0 Å². The molecule has 0 heterocycles. The molecule has 4 heteroatoms. The zero-order valence-corrected chi connectivity index (χ0v) is 5.13. The van der Waals surface area contributed by atoms with Gasteiger partial charge in [0.15, 0.2) is 0 Å². The predicted octanol–water partition coefficient (Wildman–Crippen LogP) is -3.90. The van der Waals surface area contributed by atoms with Gasteiger partial charge in [-0.05, 0) is 0 Å². The van der Waals surface area contributed by atoms with Crippen LogP contribution in [0.2, 0.25) is 0 Å². The first kappa shape index (κ1) is 11.3. The second-order valence-electron chi connectivity index (χ2n) is 1.06. The van der Waals surface area contributed by atoms with Crippen LogP contribution in [-0.4, -0.2) is 36.6 Å². The number of rotatable bonds is 4. The van der Waals surface area contributed by atoms with Gasteiger partial charge >= 0.3 is 18.9 Å². The summed E-state index contributed by atoms with van der Waals surface area (Å²) in [6, 6.07) is 0. The van der Waals surface area contributed by atoms with E-state index < -0.39 is 0 Å². The van der Waals surface area contributed by atoms with Crippen LogP contribution in [0.25, 0.3) is 0 Å². The minimum atomic E-state index is 0. The van der Waals surface area contributed by atoms with Crippen molar-refractivity contribution in [1.82, 2.24) is 0 Å². The second-order valence-corrected chi connectivity index (χ2v) is 1.06. The molecular formula is C4H11LiO3. The van der Waals surface area contributed by atoms with Crippen molar-refractivity contribution in [3.63, 3.8) is 0 Å². The van der Waals surface area contributed by atoms with Crippen molar-refractivity contribution < 1.29 is 35.2 Å². The summed E-state index contributed by atoms with van der Waals surface area (Å²) in [4.78, 5) is 0. The Morgan fingerprint density at radius 3 is 1.75 bits per heavy atom. The van der Waals surface area contributed by atoms with Crippen LogP contribution < -0.4 is 18.9 Å². The van der Waals surface area contributed by atoms with Gasteiger partial charge in [0.05, 0.1) is 26.4 Å². The Hall–Kier alpha value is 0.477. The first-order valence-electron chi connectivity index (χ1n) is 2.21. The Kier molecular flexibility index (Phi) is 14.8. The van der Waals surface area contributed by atoms with Crippen LogP contribution in [0.4, 0.5) is 0 Å². The maximum Gasteiger partial charge on any atom is 1.00 e. The molecule has 0 unspecified atom stereocenters. The summed E-state index contributed by atoms with van der Waals surface area (Å²) >= 11 is 0. The van der Waals surface area contributed by atoms with Crippen LogP contribution in [0.15, 0.2) is 0 Å². The van der Waals surface area contributed by atoms with Crippen LogP contribution >= 0.6 is 0 Å². The summed E-state index contributed by atoms with van der Waals surface area (Å²) in [6.45, 7) is 0.696. The first-order chi connectivity index (χ1) is 3.41. The summed E-state index contributed by atoms with van der Waals surface area (Å²) in [5, 5.41) is 16.2. The average Bonchev–Trinajstić information content (AvgIpc) is 1.69. The Morgan fingerprint density at radius 2 is 1.50 bits per heavy atom. The number of hydrogen-bond donors (Lipinski definition) is 2. The van der Waals surface area contributed by atoms with Crippen LogP contribution in [0.5, 0.6) is 0 Å². The van der Waals surface area contributed by atoms with Gasteiger partial charge in [-0.15, -0.1) is 0 Å². The third kappa shape index (κ3) is 9.69. The fraction of sp³-hybridized carbons (Fsp3) is 1.00. The van der Waals surface area contributed by atoms with Crippen LogP contribution in [0.1, 0.15) is 1.43 Å². The Labute approximate surface area is 62.3 Å². The van der Waals surface area contributed by atoms with Gasteiger partial charge in [0.1, 0.15) is 0 Å². The monoisotopic (exact) mass is 114 g/mol. The molecule has 0 saturated heterocycles. The standard InChI is InChI=1S/C4H10O3.Li.H/c5-1-3-7-4-2-6;;/h5-6H,1-4H2;;/q;+1;-1. The summed E-state index contributed by atoms with van der Waals surface area (Å²) in [6.07, 6.45) is 0. The molecule has 0 aliphatic rings. The van der Waals surface area contributed by atoms with Gasteiger partial charge in [-0.2, -0.15) is 0 Å². The van der Waals surface area contributed by atoms with Gasteiger partial charge in [-0.1, -0.05) is 0 Å². The smallest absolute Gasteiger partial charge is 1.00 e. The zero-order chi connectivity index (χ0) is 5.54. The number of aliphatic hydroxyl groups excluding tert-OH is 2. The molecular weight excluding hydrogens is 103 g/mol. The number of hydrogen-bond acceptors (Lipinski definition) is 3. The molecule has 0 aliphatic carbocycles. The molecule has 0 atom stereocenters. The van der Waals surface area contributed by atoms with Gasteiger partial charge < -0.3 is 16.4 Å². The molecule has 0 fully saturated rings. The van der Waals surface area contributed by atoms with E-state index >= 15 is 0 Å². The number of aliphatic hydroxyl groups is 2. The van der Waals surface area contributed by atoms with Gasteiger partial charge in [-0.3, -0.25) is 0 Å². The van der Waals surface area contributed by atoms with Crippen molar-refractivity contribution >= 4 is 0 Å². The zero-order valence-electron chi connectivity index (χ0n) is 6.13. The van der Waals surface area contributed by atoms with E-state index in [1.54, 1.807) is 0 Å². The first-order valence-corrected chi connectivity index (χ1v) is 2.21. The molecule has 46 valence electrons. The molecule has 0 aromatic rings. The fourth-order valence-corrected chi connectivity index (χ4v) is 0.231. The summed E-state index contributed by atoms with van der Waals surface area (Å²) in [5.41, 5.74) is 0. The van der Waals surface area contributed by atoms with Crippen molar-refractivity contribution in [2.75, 3.05) is 26.4 Å². The topological polar surface area (TPSA) is 49.7 Å². The van der Waals surface area contributed by atoms with Crippen molar-refractivity contribution in [1.29, 1.82) is 0 Å². The molecule has 0 spiro atoms. The third-order valence-electron chi connectivity index (χ3n) is 0.471. The summed E-state index contributed by atoms with van der Waals surface area (Å²) in [5.74, 6) is 0. The molecule has 0 aromatic carbocycles. The van der Waals surface area contributed by atoms with Gasteiger partial charge in [0, 0.05) is 0 Å². The summed E-state index contributed by atoms with van der Waals surface area (Å²) < 4.78 is 4.63. The molecule has 0 amide bonds. The maximum atomic E-state index is 8.09. The third-order valence-corrected chi connectivity index (χ3v) is 0.471. The van der Waals surface area contributed by atoms with E-state index in [2.05, 4.69) is 4.74 Å². The largest absolute Gasteiger partial charge is 1.00 e. The molecule has 0 bridgehead atoms. The molecule has 3 nitrogen and oxygen atoms in total. The molecule has 0 radical (unpaired) electrons. The van der Waals surface area contributed by atoms with E-state index in [1.165, 1.54) is 0 Å². The minimum Gasteiger partial charge on any atom is -1.00 e. The van der Waals surface area contributed by atoms with Crippen molar-refractivity contribution in [3.8, 4) is 0 Å². The molecule has 0 aliphatic heterocycles. The van der Waals surface area contributed by atoms with E-state index in [-0.39, 0.29) is 33.5 Å². The van der Waals surface area contributed by atoms with Crippen LogP contribution in [-0.2, 0) is 4.74 Å². The van der Waals surface area contributed by atoms with E-state index in [0.717, 1.165) is 0 Å². The molecule has 0 aromatic heterocycles. The van der Waals surface area contributed by atoms with E-state index in [4.69, 9.17) is 10.2 Å². The summed E-state index contributed by atoms with van der Waals surface area (Å²) in [7, 11) is 0. The predicted molar refractivity (Wildman–Crippen MR) is 26.1 cm³/mol. The molecule has 0 saturated carbocycles. The molecule has 8 heavy (non-hydrogen) atoms. The fourth-order valence-electron chi connectivity index (χ4n) is 0.231. The SMILES string of the molecule is OCCOCCO.[H-].[Li+]. The van der Waals surface area contributed by atoms with Crippen LogP contribution in [0, 0.1) is 0 Å². The van der Waals surface area contributed by atoms with E-state index in [9.17, 15) is 0 Å². The minimum absolute atomic E-state index is 0. The quantitative estimate of drug-likeness (QED) is 0.290. The average molecular weight is 114 g/mol. The Balaban J connectivity index is -0.000000180. The van der Waals surface area contributed by atoms with E-state index in [0.29, 0.717) is 13.2 Å². The van der Waals surface area contributed by atoms with Crippen molar-refractivity contribution in [3.05, 3.63) is 0 Å². The van der Waals surface area contributed by atoms with Crippen LogP contribution in [0.3, 0.4) is 0 Å². The van der Waals surface area contributed by atoms with Gasteiger partial charge in [0.25, 0.3) is 0 Å². The maximum absolute atomic E-state index is 8.09. The van der Waals surface area contributed by atoms with Crippen molar-refractivity contribution in [2.45, 2.75) is 0 Å². The normalized spacial score (nSPS) is 8.25. The van der Waals surface area contributed by atoms with Crippen molar-refractivity contribution in [2.24, 2.45) is 0 Å². The molecule has 0 rings (SSSR count). The second kappa shape index (κ2) is 10.5. The van der Waals surface area contributed by atoms with Gasteiger partial charge in [0.2, 0.25) is 0 Å². The number of ether oxygens (including phenoxy) is 1. The molecule has 2 N–H and O–H groups in total. The Morgan fingerprint density at radius 1 is 1.12 bits per heavy atom.